The van der Waals surface area contributed by atoms with Crippen molar-refractivity contribution >= 4 is 0 Å². The van der Waals surface area contributed by atoms with Crippen molar-refractivity contribution < 1.29 is 9.84 Å². The molecule has 0 saturated heterocycles. The third-order valence-corrected chi connectivity index (χ3v) is 3.01. The van der Waals surface area contributed by atoms with Gasteiger partial charge < -0.3 is 15.6 Å². The number of para-hydroxylation sites is 1. The number of hydrogen-bond donors (Lipinski definition) is 2. The Bertz CT molecular complexity index is 345. The van der Waals surface area contributed by atoms with E-state index in [2.05, 4.69) is 0 Å². The predicted molar refractivity (Wildman–Crippen MR) is 54.6 cm³/mol. The molecule has 0 aliphatic heterocycles. The Morgan fingerprint density at radius 3 is 2.71 bits per heavy atom. The Morgan fingerprint density at radius 2 is 2.21 bits per heavy atom. The van der Waals surface area contributed by atoms with Crippen LogP contribution in [0.4, 0.5) is 0 Å². The second kappa shape index (κ2) is 3.17. The van der Waals surface area contributed by atoms with E-state index in [1.54, 1.807) is 13.2 Å². The quantitative estimate of drug-likeness (QED) is 0.762. The van der Waals surface area contributed by atoms with Crippen LogP contribution in [0, 0.1) is 0 Å². The number of phenolic OH excluding ortho intramolecular Hbond substituents is 1. The number of rotatable bonds is 3. The number of hydrogen-bond acceptors (Lipinski definition) is 3. The summed E-state index contributed by atoms with van der Waals surface area (Å²) in [5, 5.41) is 9.61. The summed E-state index contributed by atoms with van der Waals surface area (Å²) in [5.74, 6) is 0.778. The van der Waals surface area contributed by atoms with Crippen molar-refractivity contribution in [2.75, 3.05) is 13.7 Å². The van der Waals surface area contributed by atoms with Gasteiger partial charge in [0.25, 0.3) is 0 Å². The van der Waals surface area contributed by atoms with Crippen LogP contribution in [0.15, 0.2) is 18.2 Å². The minimum Gasteiger partial charge on any atom is -0.504 e. The number of benzene rings is 1. The molecule has 3 N–H and O–H groups in total. The molecule has 1 aliphatic rings. The minimum absolute atomic E-state index is 0.0596. The number of aromatic hydroxyl groups is 1. The lowest BCUT2D eigenvalue weighted by atomic mass is 9.95. The van der Waals surface area contributed by atoms with E-state index in [0.717, 1.165) is 18.4 Å². The van der Waals surface area contributed by atoms with E-state index >= 15 is 0 Å². The molecule has 1 aromatic rings. The number of nitrogens with two attached hydrogens (primary N) is 1. The maximum atomic E-state index is 9.61. The normalized spacial score (nSPS) is 17.9. The van der Waals surface area contributed by atoms with E-state index in [4.69, 9.17) is 10.5 Å². The van der Waals surface area contributed by atoms with Gasteiger partial charge in [0, 0.05) is 17.5 Å². The molecule has 0 bridgehead atoms. The Kier molecular flexibility index (Phi) is 2.11. The third-order valence-electron chi connectivity index (χ3n) is 3.01. The molecular formula is C11H15NO2. The lowest BCUT2D eigenvalue weighted by Gasteiger charge is -2.17. The molecule has 0 unspecified atom stereocenters. The summed E-state index contributed by atoms with van der Waals surface area (Å²) < 4.78 is 5.20. The highest BCUT2D eigenvalue weighted by Gasteiger charge is 2.45. The van der Waals surface area contributed by atoms with E-state index < -0.39 is 0 Å². The van der Waals surface area contributed by atoms with Crippen molar-refractivity contribution in [3.63, 3.8) is 0 Å². The third kappa shape index (κ3) is 1.24. The van der Waals surface area contributed by atoms with E-state index in [-0.39, 0.29) is 11.2 Å². The lowest BCUT2D eigenvalue weighted by molar-refractivity contribution is 0.365. The van der Waals surface area contributed by atoms with Crippen LogP contribution in [0.25, 0.3) is 0 Å². The SMILES string of the molecule is COc1c(O)cccc1C1(CN)CC1. The fraction of sp³-hybridized carbons (Fsp3) is 0.455. The second-order valence-corrected chi connectivity index (χ2v) is 3.84. The molecule has 0 amide bonds. The molecule has 1 fully saturated rings. The standard InChI is InChI=1S/C11H15NO2/c1-14-10-8(3-2-4-9(10)13)11(7-12)5-6-11/h2-4,13H,5-7,12H2,1H3. The molecule has 1 aromatic carbocycles. The van der Waals surface area contributed by atoms with Crippen molar-refractivity contribution in [1.82, 2.24) is 0 Å². The molecule has 14 heavy (non-hydrogen) atoms. The van der Waals surface area contributed by atoms with E-state index in [1.807, 2.05) is 12.1 Å². The summed E-state index contributed by atoms with van der Waals surface area (Å²) >= 11 is 0. The highest BCUT2D eigenvalue weighted by molar-refractivity contribution is 5.51. The Morgan fingerprint density at radius 1 is 1.50 bits per heavy atom. The summed E-state index contributed by atoms with van der Waals surface area (Å²) in [5.41, 5.74) is 6.84. The fourth-order valence-electron chi connectivity index (χ4n) is 1.89. The van der Waals surface area contributed by atoms with Gasteiger partial charge in [-0.2, -0.15) is 0 Å². The summed E-state index contributed by atoms with van der Waals surface area (Å²) in [6, 6.07) is 5.45. The minimum atomic E-state index is 0.0596. The fourth-order valence-corrected chi connectivity index (χ4v) is 1.89. The van der Waals surface area contributed by atoms with Gasteiger partial charge in [-0.3, -0.25) is 0 Å². The van der Waals surface area contributed by atoms with Crippen molar-refractivity contribution in [2.45, 2.75) is 18.3 Å². The van der Waals surface area contributed by atoms with Crippen LogP contribution in [0.2, 0.25) is 0 Å². The van der Waals surface area contributed by atoms with Crippen molar-refractivity contribution in [2.24, 2.45) is 5.73 Å². The molecule has 3 nitrogen and oxygen atoms in total. The van der Waals surface area contributed by atoms with Crippen LogP contribution in [0.3, 0.4) is 0 Å². The van der Waals surface area contributed by atoms with Gasteiger partial charge in [-0.15, -0.1) is 0 Å². The molecule has 0 aromatic heterocycles. The molecule has 1 saturated carbocycles. The molecule has 1 aliphatic carbocycles. The molecule has 76 valence electrons. The Balaban J connectivity index is 2.47. The van der Waals surface area contributed by atoms with Gasteiger partial charge >= 0.3 is 0 Å². The van der Waals surface area contributed by atoms with Gasteiger partial charge in [0.05, 0.1) is 7.11 Å². The molecule has 0 heterocycles. The predicted octanol–water partition coefficient (Wildman–Crippen LogP) is 1.39. The first-order valence-electron chi connectivity index (χ1n) is 4.80. The van der Waals surface area contributed by atoms with Gasteiger partial charge in [-0.1, -0.05) is 12.1 Å². The number of ether oxygens (including phenoxy) is 1. The smallest absolute Gasteiger partial charge is 0.164 e. The first kappa shape index (κ1) is 9.34. The van der Waals surface area contributed by atoms with Crippen molar-refractivity contribution in [3.8, 4) is 11.5 Å². The van der Waals surface area contributed by atoms with E-state index in [9.17, 15) is 5.11 Å². The largest absolute Gasteiger partial charge is 0.504 e. The Hall–Kier alpha value is -1.22. The van der Waals surface area contributed by atoms with Crippen LogP contribution < -0.4 is 10.5 Å². The maximum absolute atomic E-state index is 9.61. The van der Waals surface area contributed by atoms with E-state index in [1.165, 1.54) is 0 Å². The van der Waals surface area contributed by atoms with Gasteiger partial charge in [0.1, 0.15) is 0 Å². The topological polar surface area (TPSA) is 55.5 Å². The van der Waals surface area contributed by atoms with Gasteiger partial charge in [-0.05, 0) is 18.9 Å². The molecule has 3 heteroatoms. The number of phenols is 1. The van der Waals surface area contributed by atoms with Gasteiger partial charge in [0.2, 0.25) is 0 Å². The summed E-state index contributed by atoms with van der Waals surface area (Å²) in [4.78, 5) is 0. The van der Waals surface area contributed by atoms with Crippen LogP contribution >= 0.6 is 0 Å². The monoisotopic (exact) mass is 193 g/mol. The molecule has 2 rings (SSSR count). The zero-order chi connectivity index (χ0) is 10.2. The molecule has 0 atom stereocenters. The van der Waals surface area contributed by atoms with Crippen molar-refractivity contribution in [3.05, 3.63) is 23.8 Å². The summed E-state index contributed by atoms with van der Waals surface area (Å²) in [6.45, 7) is 0.618. The average Bonchev–Trinajstić information content (AvgIpc) is 2.98. The maximum Gasteiger partial charge on any atom is 0.164 e. The van der Waals surface area contributed by atoms with Crippen LogP contribution in [-0.2, 0) is 5.41 Å². The van der Waals surface area contributed by atoms with Crippen LogP contribution in [-0.4, -0.2) is 18.8 Å². The van der Waals surface area contributed by atoms with Gasteiger partial charge in [-0.25, -0.2) is 0 Å². The van der Waals surface area contributed by atoms with Crippen molar-refractivity contribution in [1.29, 1.82) is 0 Å². The molecule has 0 radical (unpaired) electrons. The zero-order valence-corrected chi connectivity index (χ0v) is 8.29. The highest BCUT2D eigenvalue weighted by Crippen LogP contribution is 2.52. The zero-order valence-electron chi connectivity index (χ0n) is 8.29. The average molecular weight is 193 g/mol. The summed E-state index contributed by atoms with van der Waals surface area (Å²) in [7, 11) is 1.57. The van der Waals surface area contributed by atoms with Crippen LogP contribution in [0.5, 0.6) is 11.5 Å². The summed E-state index contributed by atoms with van der Waals surface area (Å²) in [6.07, 6.45) is 2.17. The first-order chi connectivity index (χ1) is 6.73. The molecular weight excluding hydrogens is 178 g/mol. The highest BCUT2D eigenvalue weighted by atomic mass is 16.5. The van der Waals surface area contributed by atoms with E-state index in [0.29, 0.717) is 12.3 Å². The molecule has 0 spiro atoms. The van der Waals surface area contributed by atoms with Gasteiger partial charge in [0.15, 0.2) is 11.5 Å². The Labute approximate surface area is 83.5 Å². The number of methoxy groups -OCH3 is 1. The second-order valence-electron chi connectivity index (χ2n) is 3.84. The van der Waals surface area contributed by atoms with Crippen LogP contribution in [0.1, 0.15) is 18.4 Å². The first-order valence-corrected chi connectivity index (χ1v) is 4.80. The lowest BCUT2D eigenvalue weighted by Crippen LogP contribution is -2.20.